The highest BCUT2D eigenvalue weighted by atomic mass is 19.1. The van der Waals surface area contributed by atoms with Crippen molar-refractivity contribution in [3.05, 3.63) is 95.3 Å². The Morgan fingerprint density at radius 3 is 2.37 bits per heavy atom. The second-order valence-electron chi connectivity index (χ2n) is 7.61. The number of fused-ring (bicyclic) bond motifs is 1. The molecule has 4 rings (SSSR count). The Balaban J connectivity index is 0.000000659. The van der Waals surface area contributed by atoms with Crippen LogP contribution in [0.3, 0.4) is 0 Å². The first-order valence-electron chi connectivity index (χ1n) is 10.1. The van der Waals surface area contributed by atoms with E-state index in [1.807, 2.05) is 18.2 Å². The number of halogens is 1. The lowest BCUT2D eigenvalue weighted by Gasteiger charge is -2.30. The van der Waals surface area contributed by atoms with Crippen molar-refractivity contribution in [2.24, 2.45) is 5.92 Å². The number of hydrogen-bond acceptors (Lipinski definition) is 0. The van der Waals surface area contributed by atoms with Crippen LogP contribution in [0.15, 0.2) is 72.8 Å². The van der Waals surface area contributed by atoms with Gasteiger partial charge in [0.2, 0.25) is 0 Å². The highest BCUT2D eigenvalue weighted by Gasteiger charge is 2.25. The Hall–Kier alpha value is -2.41. The van der Waals surface area contributed by atoms with E-state index in [1.54, 1.807) is 6.07 Å². The molecule has 1 heteroatoms. The van der Waals surface area contributed by atoms with Gasteiger partial charge in [0.15, 0.2) is 0 Å². The minimum atomic E-state index is -0.160. The molecule has 0 nitrogen and oxygen atoms in total. The van der Waals surface area contributed by atoms with Gasteiger partial charge < -0.3 is 0 Å². The van der Waals surface area contributed by atoms with E-state index in [1.165, 1.54) is 29.2 Å². The Bertz CT molecular complexity index is 881. The van der Waals surface area contributed by atoms with Crippen LogP contribution in [0.25, 0.3) is 11.1 Å². The van der Waals surface area contributed by atoms with Crippen molar-refractivity contribution in [2.45, 2.75) is 46.0 Å². The zero-order chi connectivity index (χ0) is 19.2. The molecule has 0 heterocycles. The number of hydrogen-bond donors (Lipinski definition) is 0. The van der Waals surface area contributed by atoms with E-state index >= 15 is 0 Å². The zero-order valence-electron chi connectivity index (χ0n) is 16.6. The molecular formula is C26H29F. The molecule has 0 radical (unpaired) electrons. The van der Waals surface area contributed by atoms with Gasteiger partial charge in [-0.2, -0.15) is 0 Å². The number of rotatable bonds is 2. The molecule has 0 aliphatic heterocycles. The van der Waals surface area contributed by atoms with Crippen molar-refractivity contribution < 1.29 is 4.39 Å². The summed E-state index contributed by atoms with van der Waals surface area (Å²) in [6.45, 7) is 6.57. The molecule has 1 aliphatic carbocycles. The van der Waals surface area contributed by atoms with Crippen molar-refractivity contribution in [1.29, 1.82) is 0 Å². The molecule has 0 amide bonds. The fraction of sp³-hybridized carbons (Fsp3) is 0.308. The lowest BCUT2D eigenvalue weighted by atomic mass is 9.74. The fourth-order valence-corrected chi connectivity index (χ4v) is 3.98. The van der Waals surface area contributed by atoms with E-state index in [0.29, 0.717) is 17.4 Å². The average molecular weight is 361 g/mol. The summed E-state index contributed by atoms with van der Waals surface area (Å²) in [4.78, 5) is 0. The van der Waals surface area contributed by atoms with Gasteiger partial charge in [-0.05, 0) is 47.1 Å². The van der Waals surface area contributed by atoms with Crippen LogP contribution < -0.4 is 0 Å². The van der Waals surface area contributed by atoms with Crippen LogP contribution in [-0.2, 0) is 6.42 Å². The van der Waals surface area contributed by atoms with Crippen molar-refractivity contribution in [3.63, 3.8) is 0 Å². The van der Waals surface area contributed by atoms with Gasteiger partial charge in [0.05, 0.1) is 0 Å². The molecule has 3 aromatic carbocycles. The summed E-state index contributed by atoms with van der Waals surface area (Å²) >= 11 is 0. The van der Waals surface area contributed by atoms with E-state index in [9.17, 15) is 4.39 Å². The van der Waals surface area contributed by atoms with Crippen LogP contribution >= 0.6 is 0 Å². The lowest BCUT2D eigenvalue weighted by Crippen LogP contribution is -2.17. The quantitative estimate of drug-likeness (QED) is 0.441. The first kappa shape index (κ1) is 19.4. The Labute approximate surface area is 163 Å². The first-order chi connectivity index (χ1) is 13.1. The SMILES string of the molecule is CCC.C[C@@H]1Cc2ccccc2[C@H](c2cccc(-c3ccccc3F)c2)C1. The van der Waals surface area contributed by atoms with Crippen molar-refractivity contribution in [2.75, 3.05) is 0 Å². The van der Waals surface area contributed by atoms with E-state index in [-0.39, 0.29) is 5.82 Å². The van der Waals surface area contributed by atoms with Crippen LogP contribution in [-0.4, -0.2) is 0 Å². The van der Waals surface area contributed by atoms with Crippen LogP contribution in [0.1, 0.15) is 56.2 Å². The summed E-state index contributed by atoms with van der Waals surface area (Å²) in [7, 11) is 0. The first-order valence-corrected chi connectivity index (χ1v) is 10.1. The molecule has 140 valence electrons. The molecule has 0 unspecified atom stereocenters. The van der Waals surface area contributed by atoms with Gasteiger partial charge in [0.1, 0.15) is 5.82 Å². The third-order valence-corrected chi connectivity index (χ3v) is 5.11. The standard InChI is InChI=1S/C23H21F.C3H8/c1-16-13-17-7-2-3-10-20(17)22(14-16)19-9-6-8-18(15-19)21-11-4-5-12-23(21)24;1-3-2/h2-12,15-16,22H,13-14H2,1H3;3H2,1-2H3/t16-,22+;/m1./s1. The highest BCUT2D eigenvalue weighted by Crippen LogP contribution is 2.40. The molecule has 3 aromatic rings. The van der Waals surface area contributed by atoms with Gasteiger partial charge in [-0.3, -0.25) is 0 Å². The number of benzene rings is 3. The van der Waals surface area contributed by atoms with E-state index in [0.717, 1.165) is 18.4 Å². The van der Waals surface area contributed by atoms with Gasteiger partial charge in [-0.1, -0.05) is 93.9 Å². The average Bonchev–Trinajstić information content (AvgIpc) is 2.68. The minimum Gasteiger partial charge on any atom is -0.206 e. The normalized spacial score (nSPS) is 18.2. The molecule has 0 N–H and O–H groups in total. The second-order valence-corrected chi connectivity index (χ2v) is 7.61. The maximum absolute atomic E-state index is 14.2. The monoisotopic (exact) mass is 360 g/mol. The third kappa shape index (κ3) is 4.47. The summed E-state index contributed by atoms with van der Waals surface area (Å²) in [6.07, 6.45) is 3.55. The highest BCUT2D eigenvalue weighted by molar-refractivity contribution is 5.65. The summed E-state index contributed by atoms with van der Waals surface area (Å²) in [5.41, 5.74) is 5.81. The fourth-order valence-electron chi connectivity index (χ4n) is 3.98. The van der Waals surface area contributed by atoms with Crippen molar-refractivity contribution in [1.82, 2.24) is 0 Å². The second kappa shape index (κ2) is 8.99. The van der Waals surface area contributed by atoms with Gasteiger partial charge >= 0.3 is 0 Å². The Morgan fingerprint density at radius 1 is 0.889 bits per heavy atom. The molecule has 0 saturated carbocycles. The maximum atomic E-state index is 14.2. The molecule has 2 atom stereocenters. The largest absolute Gasteiger partial charge is 0.206 e. The minimum absolute atomic E-state index is 0.160. The van der Waals surface area contributed by atoms with Gasteiger partial charge in [-0.25, -0.2) is 4.39 Å². The summed E-state index contributed by atoms with van der Waals surface area (Å²) in [6, 6.07) is 24.2. The third-order valence-electron chi connectivity index (χ3n) is 5.11. The Morgan fingerprint density at radius 2 is 1.59 bits per heavy atom. The predicted octanol–water partition coefficient (Wildman–Crippen LogP) is 7.62. The molecule has 0 bridgehead atoms. The van der Waals surface area contributed by atoms with Crippen molar-refractivity contribution >= 4 is 0 Å². The molecule has 27 heavy (non-hydrogen) atoms. The summed E-state index contributed by atoms with van der Waals surface area (Å²) in [5, 5.41) is 0. The molecule has 0 aromatic heterocycles. The molecular weight excluding hydrogens is 331 g/mol. The van der Waals surface area contributed by atoms with E-state index < -0.39 is 0 Å². The smallest absolute Gasteiger partial charge is 0.131 e. The predicted molar refractivity (Wildman–Crippen MR) is 114 cm³/mol. The van der Waals surface area contributed by atoms with Gasteiger partial charge in [0, 0.05) is 11.5 Å². The van der Waals surface area contributed by atoms with Gasteiger partial charge in [-0.15, -0.1) is 0 Å². The van der Waals surface area contributed by atoms with E-state index in [2.05, 4.69) is 63.2 Å². The van der Waals surface area contributed by atoms with Gasteiger partial charge in [0.25, 0.3) is 0 Å². The topological polar surface area (TPSA) is 0 Å². The van der Waals surface area contributed by atoms with Crippen LogP contribution in [0, 0.1) is 11.7 Å². The summed E-state index contributed by atoms with van der Waals surface area (Å²) < 4.78 is 14.2. The van der Waals surface area contributed by atoms with Crippen LogP contribution in [0.4, 0.5) is 4.39 Å². The maximum Gasteiger partial charge on any atom is 0.131 e. The lowest BCUT2D eigenvalue weighted by molar-refractivity contribution is 0.464. The molecule has 0 spiro atoms. The molecule has 0 fully saturated rings. The summed E-state index contributed by atoms with van der Waals surface area (Å²) in [5.74, 6) is 0.908. The zero-order valence-corrected chi connectivity index (χ0v) is 16.6. The van der Waals surface area contributed by atoms with Crippen LogP contribution in [0.5, 0.6) is 0 Å². The van der Waals surface area contributed by atoms with Crippen LogP contribution in [0.2, 0.25) is 0 Å². The van der Waals surface area contributed by atoms with E-state index in [4.69, 9.17) is 0 Å². The molecule has 0 saturated heterocycles. The Kier molecular flexibility index (Phi) is 6.45. The van der Waals surface area contributed by atoms with Crippen molar-refractivity contribution in [3.8, 4) is 11.1 Å². The molecule has 1 aliphatic rings.